The van der Waals surface area contributed by atoms with Crippen LogP contribution in [0.4, 0.5) is 8.78 Å². The second-order valence-corrected chi connectivity index (χ2v) is 7.96. The number of hydrogen-bond donors (Lipinski definition) is 0. The Morgan fingerprint density at radius 2 is 1.72 bits per heavy atom. The van der Waals surface area contributed by atoms with Crippen molar-refractivity contribution in [1.82, 2.24) is 9.80 Å². The van der Waals surface area contributed by atoms with Crippen molar-refractivity contribution >= 4 is 11.8 Å². The summed E-state index contributed by atoms with van der Waals surface area (Å²) in [5, 5.41) is 0. The minimum Gasteiger partial charge on any atom is -0.382 e. The zero-order valence-corrected chi connectivity index (χ0v) is 17.0. The summed E-state index contributed by atoms with van der Waals surface area (Å²) >= 11 is 0. The molecule has 2 fully saturated rings. The highest BCUT2D eigenvalue weighted by molar-refractivity contribution is 5.95. The van der Waals surface area contributed by atoms with E-state index in [1.165, 1.54) is 17.9 Å². The highest BCUT2D eigenvalue weighted by Gasteiger charge is 2.43. The maximum absolute atomic E-state index is 14.3. The lowest BCUT2D eigenvalue weighted by molar-refractivity contribution is -0.136. The second-order valence-electron chi connectivity index (χ2n) is 7.96. The van der Waals surface area contributed by atoms with Crippen molar-refractivity contribution in [2.45, 2.75) is 26.2 Å². The predicted molar refractivity (Wildman–Crippen MR) is 103 cm³/mol. The molecule has 160 valence electrons. The van der Waals surface area contributed by atoms with Crippen LogP contribution in [0.25, 0.3) is 0 Å². The fraction of sp³-hybridized carbons (Fsp3) is 0.619. The maximum Gasteiger partial charge on any atom is 0.259 e. The first-order chi connectivity index (χ1) is 13.9. The van der Waals surface area contributed by atoms with Crippen molar-refractivity contribution < 1.29 is 27.8 Å². The molecule has 3 rings (SSSR count). The fourth-order valence-electron chi connectivity index (χ4n) is 4.14. The fourth-order valence-corrected chi connectivity index (χ4v) is 4.14. The molecule has 0 bridgehead atoms. The molecule has 2 saturated heterocycles. The minimum atomic E-state index is -0.829. The van der Waals surface area contributed by atoms with Crippen LogP contribution in [0.3, 0.4) is 0 Å². The Hall–Kier alpha value is -2.06. The summed E-state index contributed by atoms with van der Waals surface area (Å²) in [6, 6.07) is 2.46. The van der Waals surface area contributed by atoms with Crippen molar-refractivity contribution in [2.75, 3.05) is 53.1 Å². The molecule has 29 heavy (non-hydrogen) atoms. The van der Waals surface area contributed by atoms with E-state index < -0.39 is 23.1 Å². The van der Waals surface area contributed by atoms with Gasteiger partial charge in [-0.2, -0.15) is 0 Å². The van der Waals surface area contributed by atoms with E-state index in [1.54, 1.807) is 7.11 Å². The Morgan fingerprint density at radius 1 is 1.07 bits per heavy atom. The first kappa shape index (κ1) is 21.6. The average Bonchev–Trinajstić information content (AvgIpc) is 3.12. The largest absolute Gasteiger partial charge is 0.382 e. The molecule has 1 aromatic rings. The van der Waals surface area contributed by atoms with Gasteiger partial charge in [-0.1, -0.05) is 6.07 Å². The van der Waals surface area contributed by atoms with Gasteiger partial charge in [-0.05, 0) is 43.2 Å². The summed E-state index contributed by atoms with van der Waals surface area (Å²) < 4.78 is 38.6. The smallest absolute Gasteiger partial charge is 0.259 e. The Kier molecular flexibility index (Phi) is 6.85. The molecule has 8 heteroatoms. The standard InChI is InChI=1S/C21H28F2N2O4/c1-15-3-4-16(22)18(19(15)23)20(27)24-8-5-21(6-9-24)7-10-25(14-21)17(26)13-29-12-11-28-2/h3-4H,5-14H2,1-2H3. The summed E-state index contributed by atoms with van der Waals surface area (Å²) in [5.74, 6) is -2.26. The molecule has 2 aliphatic heterocycles. The predicted octanol–water partition coefficient (Wildman–Crippen LogP) is 2.39. The third-order valence-corrected chi connectivity index (χ3v) is 6.06. The highest BCUT2D eigenvalue weighted by atomic mass is 19.1. The number of likely N-dealkylation sites (tertiary alicyclic amines) is 2. The highest BCUT2D eigenvalue weighted by Crippen LogP contribution is 2.40. The van der Waals surface area contributed by atoms with Crippen LogP contribution in [0.1, 0.15) is 35.2 Å². The average molecular weight is 410 g/mol. The molecule has 0 unspecified atom stereocenters. The van der Waals surface area contributed by atoms with Gasteiger partial charge >= 0.3 is 0 Å². The molecular weight excluding hydrogens is 382 g/mol. The SMILES string of the molecule is COCCOCC(=O)N1CCC2(CCN(C(=O)c3c(F)ccc(C)c3F)CC2)C1. The number of hydrogen-bond acceptors (Lipinski definition) is 4. The summed E-state index contributed by atoms with van der Waals surface area (Å²) in [5.41, 5.74) is -0.263. The number of amides is 2. The number of aryl methyl sites for hydroxylation is 1. The summed E-state index contributed by atoms with van der Waals surface area (Å²) in [4.78, 5) is 28.3. The van der Waals surface area contributed by atoms with Crippen molar-refractivity contribution in [2.24, 2.45) is 5.41 Å². The van der Waals surface area contributed by atoms with E-state index >= 15 is 0 Å². The molecule has 2 aliphatic rings. The molecule has 0 radical (unpaired) electrons. The van der Waals surface area contributed by atoms with Crippen LogP contribution in [0.5, 0.6) is 0 Å². The molecule has 2 amide bonds. The van der Waals surface area contributed by atoms with Gasteiger partial charge in [0.2, 0.25) is 5.91 Å². The molecular formula is C21H28F2N2O4. The van der Waals surface area contributed by atoms with E-state index in [9.17, 15) is 18.4 Å². The van der Waals surface area contributed by atoms with Crippen LogP contribution < -0.4 is 0 Å². The number of piperidine rings is 1. The lowest BCUT2D eigenvalue weighted by atomic mass is 9.77. The van der Waals surface area contributed by atoms with E-state index in [0.717, 1.165) is 12.5 Å². The number of nitrogens with zero attached hydrogens (tertiary/aromatic N) is 2. The van der Waals surface area contributed by atoms with Crippen LogP contribution >= 0.6 is 0 Å². The Balaban J connectivity index is 1.55. The number of methoxy groups -OCH3 is 1. The lowest BCUT2D eigenvalue weighted by Crippen LogP contribution is -2.45. The van der Waals surface area contributed by atoms with Crippen LogP contribution in [0.15, 0.2) is 12.1 Å². The summed E-state index contributed by atoms with van der Waals surface area (Å²) in [6.07, 6.45) is 2.29. The maximum atomic E-state index is 14.3. The molecule has 0 saturated carbocycles. The zero-order valence-electron chi connectivity index (χ0n) is 17.0. The lowest BCUT2D eigenvalue weighted by Gasteiger charge is -2.39. The van der Waals surface area contributed by atoms with E-state index in [-0.39, 0.29) is 23.5 Å². The Morgan fingerprint density at radius 3 is 2.38 bits per heavy atom. The van der Waals surface area contributed by atoms with Crippen LogP contribution in [0, 0.1) is 24.0 Å². The van der Waals surface area contributed by atoms with Crippen molar-refractivity contribution in [3.8, 4) is 0 Å². The van der Waals surface area contributed by atoms with Crippen molar-refractivity contribution in [3.63, 3.8) is 0 Å². The monoisotopic (exact) mass is 410 g/mol. The van der Waals surface area contributed by atoms with Crippen LogP contribution in [-0.4, -0.2) is 74.7 Å². The van der Waals surface area contributed by atoms with Gasteiger partial charge in [0.15, 0.2) is 0 Å². The molecule has 0 aromatic heterocycles. The van der Waals surface area contributed by atoms with Gasteiger partial charge in [-0.3, -0.25) is 9.59 Å². The molecule has 6 nitrogen and oxygen atoms in total. The van der Waals surface area contributed by atoms with Gasteiger partial charge < -0.3 is 19.3 Å². The van der Waals surface area contributed by atoms with E-state index in [4.69, 9.17) is 9.47 Å². The number of rotatable bonds is 6. The first-order valence-electron chi connectivity index (χ1n) is 9.95. The normalized spacial score (nSPS) is 18.5. The van der Waals surface area contributed by atoms with E-state index in [2.05, 4.69) is 0 Å². The van der Waals surface area contributed by atoms with Gasteiger partial charge in [0.25, 0.3) is 5.91 Å². The second kappa shape index (κ2) is 9.17. The first-order valence-corrected chi connectivity index (χ1v) is 9.95. The molecule has 1 aromatic carbocycles. The Labute approximate surface area is 169 Å². The van der Waals surface area contributed by atoms with Crippen LogP contribution in [0.2, 0.25) is 0 Å². The van der Waals surface area contributed by atoms with Gasteiger partial charge in [0.1, 0.15) is 23.8 Å². The third-order valence-electron chi connectivity index (χ3n) is 6.06. The number of carbonyl (C=O) groups is 2. The van der Waals surface area contributed by atoms with Crippen molar-refractivity contribution in [3.05, 3.63) is 34.9 Å². The number of halogens is 2. The number of carbonyl (C=O) groups excluding carboxylic acids is 2. The molecule has 0 N–H and O–H groups in total. The zero-order chi connectivity index (χ0) is 21.0. The number of ether oxygens (including phenoxy) is 2. The van der Waals surface area contributed by atoms with Gasteiger partial charge in [-0.25, -0.2) is 8.78 Å². The van der Waals surface area contributed by atoms with Crippen molar-refractivity contribution in [1.29, 1.82) is 0 Å². The van der Waals surface area contributed by atoms with E-state index in [0.29, 0.717) is 52.2 Å². The molecule has 2 heterocycles. The topological polar surface area (TPSA) is 59.1 Å². The van der Waals surface area contributed by atoms with Gasteiger partial charge in [0.05, 0.1) is 13.2 Å². The third kappa shape index (κ3) is 4.75. The molecule has 1 spiro atoms. The summed E-state index contributed by atoms with van der Waals surface area (Å²) in [7, 11) is 1.58. The quantitative estimate of drug-likeness (QED) is 0.676. The van der Waals surface area contributed by atoms with Gasteiger partial charge in [0, 0.05) is 33.3 Å². The molecule has 0 atom stereocenters. The van der Waals surface area contributed by atoms with E-state index in [1.807, 2.05) is 4.90 Å². The molecule has 0 aliphatic carbocycles. The van der Waals surface area contributed by atoms with Crippen LogP contribution in [-0.2, 0) is 14.3 Å². The van der Waals surface area contributed by atoms with Gasteiger partial charge in [-0.15, -0.1) is 0 Å². The number of benzene rings is 1. The minimum absolute atomic E-state index is 0.0377. The Bertz CT molecular complexity index is 763. The summed E-state index contributed by atoms with van der Waals surface area (Å²) in [6.45, 7) is 4.54.